The lowest BCUT2D eigenvalue weighted by atomic mass is 10.1. The molecule has 0 aromatic heterocycles. The maximum absolute atomic E-state index is 11.6. The van der Waals surface area contributed by atoms with Gasteiger partial charge in [-0.15, -0.1) is 6.58 Å². The van der Waals surface area contributed by atoms with E-state index in [2.05, 4.69) is 11.3 Å². The van der Waals surface area contributed by atoms with Crippen molar-refractivity contribution in [2.45, 2.75) is 20.3 Å². The predicted octanol–water partition coefficient (Wildman–Crippen LogP) is 6.35. The van der Waals surface area contributed by atoms with Gasteiger partial charge in [0.05, 0.1) is 0 Å². The highest BCUT2D eigenvalue weighted by atomic mass is 16.7. The number of hydrogen-bond donors (Lipinski definition) is 1. The number of carbonyl (C=O) groups excluding carboxylic acids is 1. The van der Waals surface area contributed by atoms with E-state index in [0.29, 0.717) is 23.7 Å². The summed E-state index contributed by atoms with van der Waals surface area (Å²) in [6, 6.07) is 21.6. The molecule has 0 atom stereocenters. The Kier molecular flexibility index (Phi) is 8.86. The fourth-order valence-corrected chi connectivity index (χ4v) is 2.56. The van der Waals surface area contributed by atoms with Crippen LogP contribution in [0.1, 0.15) is 16.7 Å². The van der Waals surface area contributed by atoms with E-state index >= 15 is 0 Å². The Hall–Kier alpha value is -4.06. The summed E-state index contributed by atoms with van der Waals surface area (Å²) < 4.78 is 14.9. The molecule has 0 bridgehead atoms. The average molecular weight is 420 g/mol. The lowest BCUT2D eigenvalue weighted by Gasteiger charge is -2.08. The van der Waals surface area contributed by atoms with Crippen LogP contribution in [0.3, 0.4) is 0 Å². The summed E-state index contributed by atoms with van der Waals surface area (Å²) in [5, 5.41) is 8.41. The van der Waals surface area contributed by atoms with Gasteiger partial charge in [0.25, 0.3) is 0 Å². The molecule has 0 amide bonds. The van der Waals surface area contributed by atoms with Crippen molar-refractivity contribution >= 4 is 12.3 Å². The molecule has 0 aliphatic carbocycles. The van der Waals surface area contributed by atoms with Crippen molar-refractivity contribution in [2.24, 2.45) is 0 Å². The van der Waals surface area contributed by atoms with E-state index in [9.17, 15) is 9.59 Å². The minimum atomic E-state index is -1.29. The number of allylic oxidation sites excluding steroid dienone is 1. The van der Waals surface area contributed by atoms with Crippen LogP contribution in [0.4, 0.5) is 9.59 Å². The van der Waals surface area contributed by atoms with Crippen molar-refractivity contribution < 1.29 is 28.9 Å². The lowest BCUT2D eigenvalue weighted by Crippen LogP contribution is -2.14. The Labute approximate surface area is 181 Å². The summed E-state index contributed by atoms with van der Waals surface area (Å²) in [5.74, 6) is 1.39. The first-order valence-electron chi connectivity index (χ1n) is 9.51. The van der Waals surface area contributed by atoms with Gasteiger partial charge in [-0.1, -0.05) is 60.7 Å². The van der Waals surface area contributed by atoms with Gasteiger partial charge >= 0.3 is 12.3 Å². The Balaban J connectivity index is 0.000000233. The number of hydrogen-bond acceptors (Lipinski definition) is 5. The quantitative estimate of drug-likeness (QED) is 0.294. The van der Waals surface area contributed by atoms with E-state index in [1.54, 1.807) is 36.4 Å². The Morgan fingerprint density at radius 1 is 0.774 bits per heavy atom. The van der Waals surface area contributed by atoms with Crippen LogP contribution in [0, 0.1) is 13.8 Å². The van der Waals surface area contributed by atoms with E-state index in [1.165, 1.54) is 0 Å². The summed E-state index contributed by atoms with van der Waals surface area (Å²) >= 11 is 0. The molecule has 0 spiro atoms. The SMILES string of the molecule is C=CCc1ccccc1OC(=O)O.Cc1ccccc1OC(=O)Oc1ccccc1C. The molecule has 0 heterocycles. The van der Waals surface area contributed by atoms with Gasteiger partial charge < -0.3 is 19.3 Å². The van der Waals surface area contributed by atoms with Crippen molar-refractivity contribution in [3.8, 4) is 17.2 Å². The van der Waals surface area contributed by atoms with Crippen LogP contribution in [0.15, 0.2) is 85.5 Å². The normalized spacial score (nSPS) is 9.61. The van der Waals surface area contributed by atoms with Gasteiger partial charge in [0.1, 0.15) is 17.2 Å². The second-order valence-electron chi connectivity index (χ2n) is 6.45. The molecule has 1 N–H and O–H groups in total. The Morgan fingerprint density at radius 3 is 1.68 bits per heavy atom. The van der Waals surface area contributed by atoms with Gasteiger partial charge in [0, 0.05) is 0 Å². The molecule has 0 saturated carbocycles. The van der Waals surface area contributed by atoms with Gasteiger partial charge in [-0.25, -0.2) is 9.59 Å². The molecule has 3 rings (SSSR count). The van der Waals surface area contributed by atoms with E-state index < -0.39 is 12.3 Å². The Morgan fingerprint density at radius 2 is 1.23 bits per heavy atom. The van der Waals surface area contributed by atoms with Crippen LogP contribution in [0.5, 0.6) is 17.2 Å². The molecule has 3 aromatic rings. The van der Waals surface area contributed by atoms with E-state index in [0.717, 1.165) is 16.7 Å². The highest BCUT2D eigenvalue weighted by molar-refractivity contribution is 5.68. The van der Waals surface area contributed by atoms with Crippen LogP contribution in [0.2, 0.25) is 0 Å². The zero-order valence-corrected chi connectivity index (χ0v) is 17.4. The average Bonchev–Trinajstić information content (AvgIpc) is 2.73. The topological polar surface area (TPSA) is 82.1 Å². The number of benzene rings is 3. The van der Waals surface area contributed by atoms with E-state index in [4.69, 9.17) is 14.6 Å². The molecule has 6 heteroatoms. The zero-order valence-electron chi connectivity index (χ0n) is 17.4. The largest absolute Gasteiger partial charge is 0.519 e. The third kappa shape index (κ3) is 7.70. The summed E-state index contributed by atoms with van der Waals surface area (Å²) in [6.07, 6.45) is 0.281. The van der Waals surface area contributed by atoms with Gasteiger partial charge in [-0.2, -0.15) is 0 Å². The zero-order chi connectivity index (χ0) is 22.6. The van der Waals surface area contributed by atoms with E-state index in [1.807, 2.05) is 56.3 Å². The maximum Gasteiger partial charge on any atom is 0.519 e. The molecule has 0 unspecified atom stereocenters. The molecular weight excluding hydrogens is 396 g/mol. The molecule has 6 nitrogen and oxygen atoms in total. The van der Waals surface area contributed by atoms with Crippen molar-refractivity contribution in [1.82, 2.24) is 0 Å². The summed E-state index contributed by atoms with van der Waals surface area (Å²) in [6.45, 7) is 7.32. The van der Waals surface area contributed by atoms with Crippen LogP contribution in [0.25, 0.3) is 0 Å². The van der Waals surface area contributed by atoms with Crippen molar-refractivity contribution in [3.05, 3.63) is 102 Å². The first-order valence-corrected chi connectivity index (χ1v) is 9.51. The smallest absolute Gasteiger partial charge is 0.449 e. The maximum atomic E-state index is 11.6. The molecular formula is C25H24O6. The third-order valence-electron chi connectivity index (χ3n) is 4.11. The standard InChI is InChI=1S/C15H14O3.C10H10O3/c1-11-7-3-5-9-13(11)17-15(16)18-14-10-6-4-8-12(14)2;1-2-5-8-6-3-4-7-9(8)13-10(11)12/h3-10H,1-2H3;2-4,6-7H,1,5H2,(H,11,12). The first kappa shape index (κ1) is 23.2. The molecule has 160 valence electrons. The fraction of sp³-hybridized carbons (Fsp3) is 0.120. The number of carbonyl (C=O) groups is 2. The number of rotatable bonds is 5. The van der Waals surface area contributed by atoms with Gasteiger partial charge in [-0.05, 0) is 55.2 Å². The molecule has 31 heavy (non-hydrogen) atoms. The molecule has 0 aliphatic heterocycles. The number of para-hydroxylation sites is 3. The van der Waals surface area contributed by atoms with Crippen molar-refractivity contribution in [1.29, 1.82) is 0 Å². The van der Waals surface area contributed by atoms with Crippen LogP contribution >= 0.6 is 0 Å². The first-order chi connectivity index (χ1) is 14.9. The summed E-state index contributed by atoms with van der Waals surface area (Å²) in [5.41, 5.74) is 2.60. The highest BCUT2D eigenvalue weighted by Crippen LogP contribution is 2.20. The fourth-order valence-electron chi connectivity index (χ4n) is 2.56. The van der Waals surface area contributed by atoms with Gasteiger partial charge in [0.2, 0.25) is 0 Å². The monoisotopic (exact) mass is 420 g/mol. The van der Waals surface area contributed by atoms with Crippen molar-refractivity contribution in [3.63, 3.8) is 0 Å². The summed E-state index contributed by atoms with van der Waals surface area (Å²) in [4.78, 5) is 21.9. The van der Waals surface area contributed by atoms with Crippen LogP contribution < -0.4 is 14.2 Å². The molecule has 0 radical (unpaired) electrons. The van der Waals surface area contributed by atoms with Crippen LogP contribution in [-0.2, 0) is 6.42 Å². The van der Waals surface area contributed by atoms with E-state index in [-0.39, 0.29) is 0 Å². The minimum Gasteiger partial charge on any atom is -0.449 e. The third-order valence-corrected chi connectivity index (χ3v) is 4.11. The lowest BCUT2D eigenvalue weighted by molar-refractivity contribution is 0.144. The number of ether oxygens (including phenoxy) is 3. The highest BCUT2D eigenvalue weighted by Gasteiger charge is 2.10. The predicted molar refractivity (Wildman–Crippen MR) is 118 cm³/mol. The summed E-state index contributed by atoms with van der Waals surface area (Å²) in [7, 11) is 0. The van der Waals surface area contributed by atoms with Crippen LogP contribution in [-0.4, -0.2) is 17.4 Å². The molecule has 0 aliphatic rings. The number of carboxylic acid groups (broad SMARTS) is 1. The second-order valence-corrected chi connectivity index (χ2v) is 6.45. The molecule has 0 saturated heterocycles. The second kappa shape index (κ2) is 11.8. The molecule has 3 aromatic carbocycles. The van der Waals surface area contributed by atoms with Gasteiger partial charge in [0.15, 0.2) is 0 Å². The van der Waals surface area contributed by atoms with Crippen molar-refractivity contribution in [2.75, 3.05) is 0 Å². The number of aryl methyl sites for hydroxylation is 2. The Bertz CT molecular complexity index is 992. The minimum absolute atomic E-state index is 0.370. The van der Waals surface area contributed by atoms with Gasteiger partial charge in [-0.3, -0.25) is 0 Å². The molecule has 0 fully saturated rings.